The minimum absolute atomic E-state index is 0.0112. The summed E-state index contributed by atoms with van der Waals surface area (Å²) in [5, 5.41) is 11.2. The van der Waals surface area contributed by atoms with Gasteiger partial charge in [0.05, 0.1) is 6.10 Å². The van der Waals surface area contributed by atoms with E-state index in [2.05, 4.69) is 13.8 Å². The molecule has 0 aromatic heterocycles. The highest BCUT2D eigenvalue weighted by molar-refractivity contribution is 8.14. The highest BCUT2D eigenvalue weighted by Gasteiger charge is 2.61. The van der Waals surface area contributed by atoms with Gasteiger partial charge in [0.2, 0.25) is 0 Å². The van der Waals surface area contributed by atoms with E-state index in [9.17, 15) is 14.7 Å². The van der Waals surface area contributed by atoms with Crippen LogP contribution < -0.4 is 0 Å². The molecule has 0 aliphatic heterocycles. The zero-order chi connectivity index (χ0) is 18.7. The second-order valence-electron chi connectivity index (χ2n) is 9.57. The standard InChI is InChI=1S/C22H32O3S/c1-4-19(25)26-17-12-13-11-14(23)7-9-21(13,2)16-8-10-22(3)15(20(16)17)5-6-18(22)24/h11,15-18,20,24H,4-10,12H2,1-3H3/t15-,16-,17+,18+,20-,21-,22-/m0/s1. The molecule has 0 amide bonds. The van der Waals surface area contributed by atoms with Crippen LogP contribution in [0.25, 0.3) is 0 Å². The molecule has 4 aliphatic carbocycles. The molecule has 3 nitrogen and oxygen atoms in total. The Morgan fingerprint density at radius 1 is 1.23 bits per heavy atom. The Morgan fingerprint density at radius 3 is 2.73 bits per heavy atom. The fraction of sp³-hybridized carbons (Fsp3) is 0.818. The number of hydrogen-bond donors (Lipinski definition) is 1. The number of hydrogen-bond acceptors (Lipinski definition) is 4. The normalized spacial score (nSPS) is 47.6. The Bertz CT molecular complexity index is 656. The lowest BCUT2D eigenvalue weighted by Gasteiger charge is -2.59. The predicted molar refractivity (Wildman–Crippen MR) is 105 cm³/mol. The van der Waals surface area contributed by atoms with Crippen molar-refractivity contribution in [2.24, 2.45) is 28.6 Å². The van der Waals surface area contributed by atoms with E-state index in [-0.39, 0.29) is 33.1 Å². The summed E-state index contributed by atoms with van der Waals surface area (Å²) in [5.74, 6) is 1.80. The molecule has 0 saturated heterocycles. The lowest BCUT2D eigenvalue weighted by Crippen LogP contribution is -2.55. The monoisotopic (exact) mass is 376 g/mol. The summed E-state index contributed by atoms with van der Waals surface area (Å²) in [7, 11) is 0. The first-order valence-electron chi connectivity index (χ1n) is 10.4. The summed E-state index contributed by atoms with van der Waals surface area (Å²) in [6.45, 7) is 6.60. The van der Waals surface area contributed by atoms with Gasteiger partial charge in [0.25, 0.3) is 0 Å². The molecule has 4 aliphatic rings. The third-order valence-electron chi connectivity index (χ3n) is 8.48. The van der Waals surface area contributed by atoms with E-state index in [1.54, 1.807) is 0 Å². The van der Waals surface area contributed by atoms with Crippen molar-refractivity contribution in [2.75, 3.05) is 0 Å². The van der Waals surface area contributed by atoms with Crippen molar-refractivity contribution in [2.45, 2.75) is 83.5 Å². The molecule has 0 radical (unpaired) electrons. The average molecular weight is 377 g/mol. The number of carbonyl (C=O) groups is 2. The van der Waals surface area contributed by atoms with Crippen LogP contribution in [-0.4, -0.2) is 27.4 Å². The molecular weight excluding hydrogens is 344 g/mol. The van der Waals surface area contributed by atoms with E-state index in [1.807, 2.05) is 13.0 Å². The molecule has 0 unspecified atom stereocenters. The van der Waals surface area contributed by atoms with Gasteiger partial charge >= 0.3 is 0 Å². The number of allylic oxidation sites excluding steroid dienone is 1. The maximum atomic E-state index is 12.3. The molecule has 4 heteroatoms. The highest BCUT2D eigenvalue weighted by atomic mass is 32.2. The molecule has 3 fully saturated rings. The van der Waals surface area contributed by atoms with Crippen LogP contribution in [0, 0.1) is 28.6 Å². The van der Waals surface area contributed by atoms with Crippen LogP contribution in [0.2, 0.25) is 0 Å². The van der Waals surface area contributed by atoms with Crippen LogP contribution in [0.5, 0.6) is 0 Å². The molecule has 0 aromatic rings. The van der Waals surface area contributed by atoms with E-state index >= 15 is 0 Å². The average Bonchev–Trinajstić information content (AvgIpc) is 2.91. The van der Waals surface area contributed by atoms with Gasteiger partial charge in [-0.05, 0) is 73.2 Å². The molecule has 0 bridgehead atoms. The molecule has 7 atom stereocenters. The minimum atomic E-state index is -0.196. The third kappa shape index (κ3) is 2.66. The van der Waals surface area contributed by atoms with E-state index in [0.717, 1.165) is 38.5 Å². The van der Waals surface area contributed by atoms with E-state index < -0.39 is 0 Å². The molecule has 26 heavy (non-hydrogen) atoms. The van der Waals surface area contributed by atoms with Gasteiger partial charge in [-0.15, -0.1) is 0 Å². The van der Waals surface area contributed by atoms with Crippen molar-refractivity contribution in [3.05, 3.63) is 11.6 Å². The van der Waals surface area contributed by atoms with Gasteiger partial charge in [-0.1, -0.05) is 38.1 Å². The van der Waals surface area contributed by atoms with Gasteiger partial charge in [-0.25, -0.2) is 0 Å². The SMILES string of the molecule is CCC(=O)S[C@@H]1CC2=CC(=O)CC[C@]2(C)[C@H]2CC[C@]3(C)[C@H](O)CC[C@H]3[C@H]12. The number of thioether (sulfide) groups is 1. The zero-order valence-electron chi connectivity index (χ0n) is 16.3. The summed E-state index contributed by atoms with van der Waals surface area (Å²) in [4.78, 5) is 24.4. The van der Waals surface area contributed by atoms with E-state index in [0.29, 0.717) is 30.6 Å². The van der Waals surface area contributed by atoms with Gasteiger partial charge in [0, 0.05) is 18.1 Å². The van der Waals surface area contributed by atoms with Crippen LogP contribution in [0.4, 0.5) is 0 Å². The molecule has 4 rings (SSSR count). The number of carbonyl (C=O) groups excluding carboxylic acids is 2. The number of ketones is 1. The summed E-state index contributed by atoms with van der Waals surface area (Å²) < 4.78 is 0. The summed E-state index contributed by atoms with van der Waals surface area (Å²) in [6, 6.07) is 0. The van der Waals surface area contributed by atoms with E-state index in [1.165, 1.54) is 17.3 Å². The largest absolute Gasteiger partial charge is 0.393 e. The minimum Gasteiger partial charge on any atom is -0.393 e. The zero-order valence-corrected chi connectivity index (χ0v) is 17.1. The molecule has 0 spiro atoms. The maximum Gasteiger partial charge on any atom is 0.188 e. The molecule has 144 valence electrons. The van der Waals surface area contributed by atoms with Crippen molar-refractivity contribution in [3.8, 4) is 0 Å². The number of rotatable bonds is 2. The van der Waals surface area contributed by atoms with Crippen LogP contribution >= 0.6 is 11.8 Å². The lowest BCUT2D eigenvalue weighted by atomic mass is 9.47. The fourth-order valence-corrected chi connectivity index (χ4v) is 8.15. The first-order chi connectivity index (χ1) is 12.3. The van der Waals surface area contributed by atoms with Crippen LogP contribution in [0.1, 0.15) is 72.1 Å². The van der Waals surface area contributed by atoms with Crippen LogP contribution in [0.3, 0.4) is 0 Å². The molecule has 3 saturated carbocycles. The molecule has 0 heterocycles. The first-order valence-corrected chi connectivity index (χ1v) is 11.3. The van der Waals surface area contributed by atoms with Gasteiger partial charge in [0.15, 0.2) is 10.9 Å². The first kappa shape index (κ1) is 18.7. The quantitative estimate of drug-likeness (QED) is 0.769. The van der Waals surface area contributed by atoms with Crippen molar-refractivity contribution >= 4 is 22.7 Å². The Morgan fingerprint density at radius 2 is 2.00 bits per heavy atom. The van der Waals surface area contributed by atoms with Gasteiger partial charge < -0.3 is 5.11 Å². The van der Waals surface area contributed by atoms with Crippen LogP contribution in [0.15, 0.2) is 11.6 Å². The van der Waals surface area contributed by atoms with Gasteiger partial charge in [0.1, 0.15) is 0 Å². The second kappa shape index (κ2) is 6.48. The molecule has 1 N–H and O–H groups in total. The number of fused-ring (bicyclic) bond motifs is 5. The number of aliphatic hydroxyl groups excluding tert-OH is 1. The predicted octanol–water partition coefficient (Wildman–Crippen LogP) is 4.53. The Labute approximate surface area is 161 Å². The van der Waals surface area contributed by atoms with Gasteiger partial charge in [-0.2, -0.15) is 0 Å². The lowest BCUT2D eigenvalue weighted by molar-refractivity contribution is -0.117. The van der Waals surface area contributed by atoms with Crippen LogP contribution in [-0.2, 0) is 9.59 Å². The highest BCUT2D eigenvalue weighted by Crippen LogP contribution is 2.66. The van der Waals surface area contributed by atoms with Crippen molar-refractivity contribution in [3.63, 3.8) is 0 Å². The van der Waals surface area contributed by atoms with Gasteiger partial charge in [-0.3, -0.25) is 9.59 Å². The summed E-state index contributed by atoms with van der Waals surface area (Å²) in [6.07, 6.45) is 8.99. The summed E-state index contributed by atoms with van der Waals surface area (Å²) in [5.41, 5.74) is 1.43. The number of aliphatic hydroxyl groups is 1. The summed E-state index contributed by atoms with van der Waals surface area (Å²) >= 11 is 1.54. The Balaban J connectivity index is 1.74. The third-order valence-corrected chi connectivity index (χ3v) is 9.82. The second-order valence-corrected chi connectivity index (χ2v) is 10.9. The topological polar surface area (TPSA) is 54.4 Å². The Hall–Kier alpha value is -0.610. The molecule has 0 aromatic carbocycles. The Kier molecular flexibility index (Phi) is 4.67. The van der Waals surface area contributed by atoms with Crippen molar-refractivity contribution in [1.29, 1.82) is 0 Å². The van der Waals surface area contributed by atoms with Crippen molar-refractivity contribution < 1.29 is 14.7 Å². The van der Waals surface area contributed by atoms with E-state index in [4.69, 9.17) is 0 Å². The fourth-order valence-electron chi connectivity index (χ4n) is 6.84. The van der Waals surface area contributed by atoms with Crippen molar-refractivity contribution in [1.82, 2.24) is 0 Å². The maximum absolute atomic E-state index is 12.3. The smallest absolute Gasteiger partial charge is 0.188 e. The molecular formula is C22H32O3S.